The van der Waals surface area contributed by atoms with E-state index < -0.39 is 21.2 Å². The second-order valence-electron chi connectivity index (χ2n) is 13.3. The number of rotatable bonds is 4. The van der Waals surface area contributed by atoms with E-state index in [0.717, 1.165) is 56.6 Å². The van der Waals surface area contributed by atoms with Gasteiger partial charge in [0.15, 0.2) is 0 Å². The molecule has 2 aromatic rings. The molecule has 236 valence electrons. The Kier molecular flexibility index (Phi) is 8.08. The number of aryl methyl sites for hydroxylation is 1. The summed E-state index contributed by atoms with van der Waals surface area (Å²) in [4.78, 5) is 15.7. The molecular formula is C34H41ClN2O6S. The summed E-state index contributed by atoms with van der Waals surface area (Å²) in [5.74, 6) is 1.99. The Bertz CT molecular complexity index is 1580. The molecule has 10 heteroatoms. The number of anilines is 1. The monoisotopic (exact) mass is 640 g/mol. The van der Waals surface area contributed by atoms with Gasteiger partial charge in [-0.05, 0) is 111 Å². The predicted octanol–water partition coefficient (Wildman–Crippen LogP) is 5.66. The minimum Gasteiger partial charge on any atom is -0.490 e. The maximum atomic E-state index is 13.3. The third-order valence-electron chi connectivity index (χ3n) is 10.5. The molecule has 7 rings (SSSR count). The molecule has 5 atom stereocenters. The van der Waals surface area contributed by atoms with Crippen LogP contribution in [0.3, 0.4) is 0 Å². The van der Waals surface area contributed by atoms with Gasteiger partial charge in [0.1, 0.15) is 18.1 Å². The fourth-order valence-corrected chi connectivity index (χ4v) is 9.62. The van der Waals surface area contributed by atoms with E-state index in [0.29, 0.717) is 54.4 Å². The topological polar surface area (TPSA) is 94.2 Å². The number of hydrogen-bond donors (Lipinski definition) is 1. The van der Waals surface area contributed by atoms with E-state index in [-0.39, 0.29) is 11.3 Å². The molecule has 0 aromatic heterocycles. The van der Waals surface area contributed by atoms with Gasteiger partial charge in [-0.3, -0.25) is 4.79 Å². The average Bonchev–Trinajstić information content (AvgIpc) is 3.80. The molecule has 2 aliphatic heterocycles. The highest BCUT2D eigenvalue weighted by Gasteiger charge is 2.48. The van der Waals surface area contributed by atoms with E-state index in [1.807, 2.05) is 18.2 Å². The van der Waals surface area contributed by atoms with Gasteiger partial charge >= 0.3 is 0 Å². The molecule has 2 aromatic carbocycles. The first-order valence-electron chi connectivity index (χ1n) is 15.9. The molecule has 2 fully saturated rings. The first-order valence-corrected chi connectivity index (χ1v) is 17.9. The molecule has 1 amide bonds. The first kappa shape index (κ1) is 29.9. The number of nitrogens with one attached hydrogen (secondary N) is 1. The molecule has 0 radical (unpaired) electrons. The maximum Gasteiger partial charge on any atom is 0.264 e. The van der Waals surface area contributed by atoms with Crippen LogP contribution < -0.4 is 19.1 Å². The lowest BCUT2D eigenvalue weighted by molar-refractivity contribution is 0.0981. The van der Waals surface area contributed by atoms with Crippen molar-refractivity contribution >= 4 is 33.2 Å². The number of ether oxygens (including phenoxy) is 3. The van der Waals surface area contributed by atoms with Gasteiger partial charge in [-0.1, -0.05) is 23.8 Å². The van der Waals surface area contributed by atoms with Crippen molar-refractivity contribution in [1.29, 1.82) is 0 Å². The van der Waals surface area contributed by atoms with Crippen molar-refractivity contribution in [2.45, 2.75) is 62.0 Å². The van der Waals surface area contributed by atoms with Crippen LogP contribution in [-0.2, 0) is 26.6 Å². The Morgan fingerprint density at radius 1 is 1.09 bits per heavy atom. The molecule has 2 bridgehead atoms. The number of benzene rings is 2. The number of allylic oxidation sites excluding steroid dienone is 2. The highest BCUT2D eigenvalue weighted by atomic mass is 35.5. The lowest BCUT2D eigenvalue weighted by atomic mass is 9.69. The van der Waals surface area contributed by atoms with Crippen molar-refractivity contribution in [2.24, 2.45) is 17.8 Å². The van der Waals surface area contributed by atoms with Gasteiger partial charge in [-0.2, -0.15) is 0 Å². The van der Waals surface area contributed by atoms with Gasteiger partial charge in [-0.15, -0.1) is 0 Å². The summed E-state index contributed by atoms with van der Waals surface area (Å²) < 4.78 is 46.3. The second-order valence-corrected chi connectivity index (χ2v) is 15.6. The molecule has 2 heterocycles. The quantitative estimate of drug-likeness (QED) is 0.340. The summed E-state index contributed by atoms with van der Waals surface area (Å²) in [7, 11) is -2.09. The normalized spacial score (nSPS) is 31.2. The van der Waals surface area contributed by atoms with Crippen molar-refractivity contribution in [3.05, 3.63) is 64.2 Å². The number of halogens is 1. The van der Waals surface area contributed by atoms with Crippen molar-refractivity contribution in [2.75, 3.05) is 44.9 Å². The SMILES string of the molecule is COCCOc1cc2c(cc1Cl)CCC[C@]21COc2ccc3cc2N(C[C@@H]2CC[C@@H]2C/C=C/C[C@H]2C[C@@H]2S(=O)(=O)NC3=O)C1. The van der Waals surface area contributed by atoms with Gasteiger partial charge in [0.2, 0.25) is 10.0 Å². The number of amides is 1. The van der Waals surface area contributed by atoms with Crippen LogP contribution in [0, 0.1) is 17.8 Å². The molecule has 0 saturated heterocycles. The molecule has 0 unspecified atom stereocenters. The number of nitrogens with zero attached hydrogens (tertiary/aromatic N) is 1. The van der Waals surface area contributed by atoms with Gasteiger partial charge < -0.3 is 19.1 Å². The summed E-state index contributed by atoms with van der Waals surface area (Å²) in [5, 5.41) is 0.0949. The maximum absolute atomic E-state index is 13.3. The van der Waals surface area contributed by atoms with E-state index in [1.165, 1.54) is 24.0 Å². The van der Waals surface area contributed by atoms with Gasteiger partial charge in [-0.25, -0.2) is 13.1 Å². The molecule has 44 heavy (non-hydrogen) atoms. The largest absolute Gasteiger partial charge is 0.490 e. The van der Waals surface area contributed by atoms with Crippen molar-refractivity contribution in [3.63, 3.8) is 0 Å². The van der Waals surface area contributed by atoms with Crippen LogP contribution in [0.25, 0.3) is 0 Å². The zero-order valence-electron chi connectivity index (χ0n) is 25.2. The lowest BCUT2D eigenvalue weighted by Gasteiger charge is -2.44. The number of carbonyl (C=O) groups excluding carboxylic acids is 1. The van der Waals surface area contributed by atoms with Gasteiger partial charge in [0.25, 0.3) is 5.91 Å². The molecule has 1 N–H and O–H groups in total. The lowest BCUT2D eigenvalue weighted by Crippen LogP contribution is -2.48. The highest BCUT2D eigenvalue weighted by molar-refractivity contribution is 7.91. The Labute approximate surface area is 265 Å². The Hall–Kier alpha value is -2.75. The third kappa shape index (κ3) is 5.71. The zero-order valence-corrected chi connectivity index (χ0v) is 26.8. The van der Waals surface area contributed by atoms with Crippen LogP contribution in [0.2, 0.25) is 5.02 Å². The number of carbonyl (C=O) groups is 1. The molecule has 3 aliphatic carbocycles. The van der Waals surface area contributed by atoms with Crippen LogP contribution in [0.4, 0.5) is 5.69 Å². The third-order valence-corrected chi connectivity index (χ3v) is 12.6. The molecule has 8 nitrogen and oxygen atoms in total. The molecular weight excluding hydrogens is 600 g/mol. The average molecular weight is 641 g/mol. The van der Waals surface area contributed by atoms with Crippen LogP contribution in [-0.4, -0.2) is 59.6 Å². The van der Waals surface area contributed by atoms with E-state index in [1.54, 1.807) is 13.2 Å². The summed E-state index contributed by atoms with van der Waals surface area (Å²) >= 11 is 6.68. The first-order chi connectivity index (χ1) is 21.3. The van der Waals surface area contributed by atoms with Crippen LogP contribution in [0.15, 0.2) is 42.5 Å². The smallest absolute Gasteiger partial charge is 0.264 e. The van der Waals surface area contributed by atoms with Crippen molar-refractivity contribution in [3.8, 4) is 11.5 Å². The highest BCUT2D eigenvalue weighted by Crippen LogP contribution is 2.48. The Morgan fingerprint density at radius 3 is 2.70 bits per heavy atom. The number of methoxy groups -OCH3 is 1. The van der Waals surface area contributed by atoms with Crippen molar-refractivity contribution < 1.29 is 27.4 Å². The van der Waals surface area contributed by atoms with Crippen LogP contribution >= 0.6 is 11.6 Å². The summed E-state index contributed by atoms with van der Waals surface area (Å²) in [6.07, 6.45) is 12.0. The second kappa shape index (κ2) is 11.9. The van der Waals surface area contributed by atoms with E-state index in [2.05, 4.69) is 27.8 Å². The van der Waals surface area contributed by atoms with Crippen LogP contribution in [0.1, 0.15) is 66.4 Å². The van der Waals surface area contributed by atoms with E-state index >= 15 is 0 Å². The predicted molar refractivity (Wildman–Crippen MR) is 170 cm³/mol. The summed E-state index contributed by atoms with van der Waals surface area (Å²) in [6, 6.07) is 9.49. The molecule has 5 aliphatic rings. The number of hydrogen-bond acceptors (Lipinski definition) is 7. The van der Waals surface area contributed by atoms with Crippen molar-refractivity contribution in [1.82, 2.24) is 4.72 Å². The van der Waals surface area contributed by atoms with E-state index in [4.69, 9.17) is 25.8 Å². The fourth-order valence-electron chi connectivity index (χ4n) is 7.74. The summed E-state index contributed by atoms with van der Waals surface area (Å²) in [5.41, 5.74) is 3.30. The number of fused-ring (bicyclic) bond motifs is 5. The summed E-state index contributed by atoms with van der Waals surface area (Å²) in [6.45, 7) is 2.95. The van der Waals surface area contributed by atoms with E-state index in [9.17, 15) is 13.2 Å². The van der Waals surface area contributed by atoms with Crippen LogP contribution in [0.5, 0.6) is 11.5 Å². The Balaban J connectivity index is 1.26. The fraction of sp³-hybridized carbons (Fsp3) is 0.559. The minimum absolute atomic E-state index is 0.0768. The minimum atomic E-state index is -3.74. The zero-order chi connectivity index (χ0) is 30.5. The van der Waals surface area contributed by atoms with Gasteiger partial charge in [0, 0.05) is 31.2 Å². The molecule has 1 spiro atoms. The standard InChI is InChI=1S/C34H41ClN2O6S/c1-41-13-14-42-31-18-27-23(15-28(31)35)7-4-12-34(27)20-37-19-26-9-8-22(26)5-2-3-6-24-17-32(24)44(39,40)36-33(38)25-10-11-30(43-21-34)29(37)16-25/h2-3,10-11,15-16,18,22,24,26,32H,4-9,12-14,17,19-21H2,1H3,(H,36,38)/b3-2+/t22-,24-,26-,32-,34-/m0/s1. The van der Waals surface area contributed by atoms with Gasteiger partial charge in [0.05, 0.1) is 29.2 Å². The number of sulfonamides is 1. The molecule has 2 saturated carbocycles. The Morgan fingerprint density at radius 2 is 1.91 bits per heavy atom.